The zero-order valence-corrected chi connectivity index (χ0v) is 12.8. The van der Waals surface area contributed by atoms with E-state index in [1.807, 2.05) is 0 Å². The van der Waals surface area contributed by atoms with Crippen LogP contribution in [0.1, 0.15) is 28.5 Å². The molecular formula is C14H18N2S2. The van der Waals surface area contributed by atoms with Crippen LogP contribution in [0.3, 0.4) is 0 Å². The molecule has 4 heteroatoms. The monoisotopic (exact) mass is 278 g/mol. The van der Waals surface area contributed by atoms with Gasteiger partial charge >= 0.3 is 0 Å². The molecule has 0 spiro atoms. The normalized spacial score (nSPS) is 12.4. The molecule has 96 valence electrons. The van der Waals surface area contributed by atoms with Crippen molar-refractivity contribution < 1.29 is 0 Å². The lowest BCUT2D eigenvalue weighted by molar-refractivity contribution is 0.836. The van der Waals surface area contributed by atoms with E-state index in [0.29, 0.717) is 0 Å². The molecule has 0 saturated carbocycles. The summed E-state index contributed by atoms with van der Waals surface area (Å²) in [5.74, 6) is 0. The van der Waals surface area contributed by atoms with Gasteiger partial charge in [0.25, 0.3) is 0 Å². The molecule has 0 saturated heterocycles. The molecule has 1 atom stereocenters. The van der Waals surface area contributed by atoms with Crippen molar-refractivity contribution in [2.24, 2.45) is 0 Å². The highest BCUT2D eigenvalue weighted by molar-refractivity contribution is 7.98. The van der Waals surface area contributed by atoms with Gasteiger partial charge in [-0.2, -0.15) is 0 Å². The first-order valence-electron chi connectivity index (χ1n) is 5.94. The average Bonchev–Trinajstić information content (AvgIpc) is 2.69. The van der Waals surface area contributed by atoms with Gasteiger partial charge in [-0.1, -0.05) is 6.07 Å². The number of thioether (sulfide) groups is 1. The van der Waals surface area contributed by atoms with Crippen LogP contribution in [-0.4, -0.2) is 11.2 Å². The Morgan fingerprint density at radius 1 is 1.33 bits per heavy atom. The summed E-state index contributed by atoms with van der Waals surface area (Å²) < 4.78 is 0. The van der Waals surface area contributed by atoms with Crippen LogP contribution in [0.2, 0.25) is 0 Å². The standard InChI is InChI=1S/C14H18N2S2/c1-9(14-10(2)18-11(3)16-14)15-12-6-5-7-13(8-12)17-4/h5-9,15H,1-4H3. The van der Waals surface area contributed by atoms with E-state index in [1.54, 1.807) is 23.1 Å². The first kappa shape index (κ1) is 13.4. The summed E-state index contributed by atoms with van der Waals surface area (Å²) in [6.45, 7) is 6.35. The van der Waals surface area contributed by atoms with Crippen LogP contribution in [0.15, 0.2) is 29.2 Å². The number of thiazole rings is 1. The Kier molecular flexibility index (Phi) is 4.30. The summed E-state index contributed by atoms with van der Waals surface area (Å²) >= 11 is 3.52. The molecule has 1 aromatic carbocycles. The number of benzene rings is 1. The molecule has 0 aliphatic rings. The molecule has 0 aliphatic carbocycles. The second kappa shape index (κ2) is 5.76. The fourth-order valence-electron chi connectivity index (χ4n) is 1.98. The van der Waals surface area contributed by atoms with Crippen molar-refractivity contribution in [1.29, 1.82) is 0 Å². The summed E-state index contributed by atoms with van der Waals surface area (Å²) in [5, 5.41) is 4.65. The van der Waals surface area contributed by atoms with Gasteiger partial charge in [0.05, 0.1) is 16.7 Å². The Labute approximate surface area is 117 Å². The Morgan fingerprint density at radius 3 is 2.72 bits per heavy atom. The highest BCUT2D eigenvalue weighted by atomic mass is 32.2. The van der Waals surface area contributed by atoms with Crippen LogP contribution in [0.4, 0.5) is 5.69 Å². The first-order valence-corrected chi connectivity index (χ1v) is 7.99. The fourth-order valence-corrected chi connectivity index (χ4v) is 3.35. The smallest absolute Gasteiger partial charge is 0.0901 e. The molecule has 18 heavy (non-hydrogen) atoms. The van der Waals surface area contributed by atoms with E-state index < -0.39 is 0 Å². The van der Waals surface area contributed by atoms with Gasteiger partial charge < -0.3 is 5.32 Å². The van der Waals surface area contributed by atoms with E-state index in [1.165, 1.54) is 9.77 Å². The number of anilines is 1. The largest absolute Gasteiger partial charge is 0.377 e. The van der Waals surface area contributed by atoms with Crippen molar-refractivity contribution in [2.45, 2.75) is 31.7 Å². The van der Waals surface area contributed by atoms with E-state index in [9.17, 15) is 0 Å². The molecule has 2 aromatic rings. The van der Waals surface area contributed by atoms with Crippen molar-refractivity contribution in [3.63, 3.8) is 0 Å². The minimum Gasteiger partial charge on any atom is -0.377 e. The van der Waals surface area contributed by atoms with Gasteiger partial charge in [-0.05, 0) is 45.2 Å². The third-order valence-corrected chi connectivity index (χ3v) is 4.43. The third-order valence-electron chi connectivity index (χ3n) is 2.80. The number of hydrogen-bond acceptors (Lipinski definition) is 4. The molecule has 2 rings (SSSR count). The Hall–Kier alpha value is -1.00. The molecule has 0 radical (unpaired) electrons. The summed E-state index contributed by atoms with van der Waals surface area (Å²) in [4.78, 5) is 7.18. The number of aromatic nitrogens is 1. The van der Waals surface area contributed by atoms with Crippen LogP contribution in [0.25, 0.3) is 0 Å². The van der Waals surface area contributed by atoms with E-state index >= 15 is 0 Å². The molecule has 1 heterocycles. The predicted octanol–water partition coefficient (Wildman–Crippen LogP) is 4.65. The Balaban J connectivity index is 2.15. The van der Waals surface area contributed by atoms with Crippen molar-refractivity contribution >= 4 is 28.8 Å². The van der Waals surface area contributed by atoms with E-state index in [4.69, 9.17) is 0 Å². The lowest BCUT2D eigenvalue weighted by atomic mass is 10.2. The van der Waals surface area contributed by atoms with Gasteiger partial charge in [0, 0.05) is 15.5 Å². The average molecular weight is 278 g/mol. The number of rotatable bonds is 4. The van der Waals surface area contributed by atoms with Gasteiger partial charge in [-0.15, -0.1) is 23.1 Å². The molecule has 0 aliphatic heterocycles. The predicted molar refractivity (Wildman–Crippen MR) is 81.8 cm³/mol. The summed E-state index contributed by atoms with van der Waals surface area (Å²) in [6.07, 6.45) is 2.09. The molecule has 2 nitrogen and oxygen atoms in total. The van der Waals surface area contributed by atoms with E-state index in [2.05, 4.69) is 61.6 Å². The van der Waals surface area contributed by atoms with E-state index in [0.717, 1.165) is 16.4 Å². The molecule has 0 amide bonds. The molecule has 1 aromatic heterocycles. The summed E-state index contributed by atoms with van der Waals surface area (Å²) in [7, 11) is 0. The van der Waals surface area contributed by atoms with Gasteiger partial charge in [-0.3, -0.25) is 0 Å². The van der Waals surface area contributed by atoms with Gasteiger partial charge in [0.15, 0.2) is 0 Å². The van der Waals surface area contributed by atoms with Crippen molar-refractivity contribution in [2.75, 3.05) is 11.6 Å². The molecular weight excluding hydrogens is 260 g/mol. The quantitative estimate of drug-likeness (QED) is 0.824. The number of hydrogen-bond donors (Lipinski definition) is 1. The molecule has 1 N–H and O–H groups in total. The maximum atomic E-state index is 4.60. The first-order chi connectivity index (χ1) is 8.60. The highest BCUT2D eigenvalue weighted by Gasteiger charge is 2.12. The third kappa shape index (κ3) is 3.06. The van der Waals surface area contributed by atoms with Gasteiger partial charge in [-0.25, -0.2) is 4.98 Å². The second-order valence-corrected chi connectivity index (χ2v) is 6.56. The summed E-state index contributed by atoms with van der Waals surface area (Å²) in [6, 6.07) is 8.73. The zero-order valence-electron chi connectivity index (χ0n) is 11.2. The maximum Gasteiger partial charge on any atom is 0.0901 e. The van der Waals surface area contributed by atoms with Gasteiger partial charge in [0.2, 0.25) is 0 Å². The Bertz CT molecular complexity index is 534. The van der Waals surface area contributed by atoms with Crippen molar-refractivity contribution in [3.05, 3.63) is 39.8 Å². The zero-order chi connectivity index (χ0) is 13.1. The SMILES string of the molecule is CSc1cccc(NC(C)c2nc(C)sc2C)c1. The van der Waals surface area contributed by atoms with Gasteiger partial charge in [0.1, 0.15) is 0 Å². The topological polar surface area (TPSA) is 24.9 Å². The number of nitrogens with one attached hydrogen (secondary N) is 1. The van der Waals surface area contributed by atoms with Crippen molar-refractivity contribution in [3.8, 4) is 0 Å². The number of aryl methyl sites for hydroxylation is 2. The summed E-state index contributed by atoms with van der Waals surface area (Å²) in [5.41, 5.74) is 2.31. The highest BCUT2D eigenvalue weighted by Crippen LogP contribution is 2.27. The second-order valence-electron chi connectivity index (χ2n) is 4.27. The number of nitrogens with zero attached hydrogens (tertiary/aromatic N) is 1. The lowest BCUT2D eigenvalue weighted by Gasteiger charge is -2.14. The Morgan fingerprint density at radius 2 is 2.11 bits per heavy atom. The van der Waals surface area contributed by atoms with Crippen LogP contribution >= 0.6 is 23.1 Å². The van der Waals surface area contributed by atoms with Crippen LogP contribution < -0.4 is 5.32 Å². The van der Waals surface area contributed by atoms with Crippen LogP contribution in [0, 0.1) is 13.8 Å². The fraction of sp³-hybridized carbons (Fsp3) is 0.357. The lowest BCUT2D eigenvalue weighted by Crippen LogP contribution is -2.08. The molecule has 0 fully saturated rings. The van der Waals surface area contributed by atoms with Crippen LogP contribution in [-0.2, 0) is 0 Å². The van der Waals surface area contributed by atoms with E-state index in [-0.39, 0.29) is 6.04 Å². The molecule has 1 unspecified atom stereocenters. The molecule has 0 bridgehead atoms. The van der Waals surface area contributed by atoms with Crippen molar-refractivity contribution in [1.82, 2.24) is 4.98 Å². The minimum atomic E-state index is 0.243. The van der Waals surface area contributed by atoms with Crippen LogP contribution in [0.5, 0.6) is 0 Å². The minimum absolute atomic E-state index is 0.243. The maximum absolute atomic E-state index is 4.60.